The Morgan fingerprint density at radius 1 is 0.489 bits per heavy atom. The minimum Gasteiger partial charge on any atom is -0.310 e. The van der Waals surface area contributed by atoms with Crippen molar-refractivity contribution in [3.8, 4) is 5.69 Å². The fourth-order valence-electron chi connectivity index (χ4n) is 7.42. The van der Waals surface area contributed by atoms with E-state index >= 15 is 0 Å². The first kappa shape index (κ1) is 25.6. The summed E-state index contributed by atoms with van der Waals surface area (Å²) in [6.45, 7) is 6.80. The maximum absolute atomic E-state index is 4.57. The van der Waals surface area contributed by atoms with Crippen LogP contribution in [0.2, 0.25) is 0 Å². The highest BCUT2D eigenvalue weighted by atomic mass is 15.0. The third kappa shape index (κ3) is 3.76. The lowest BCUT2D eigenvalue weighted by atomic mass is 9.94. The van der Waals surface area contributed by atoms with Gasteiger partial charge in [-0.15, -0.1) is 0 Å². The van der Waals surface area contributed by atoms with E-state index in [-0.39, 0.29) is 0 Å². The van der Waals surface area contributed by atoms with Gasteiger partial charge in [0.25, 0.3) is 0 Å². The molecule has 0 amide bonds. The van der Waals surface area contributed by atoms with Crippen LogP contribution >= 0.6 is 0 Å². The van der Waals surface area contributed by atoms with Crippen molar-refractivity contribution in [1.82, 2.24) is 9.13 Å². The molecule has 0 radical (unpaired) electrons. The lowest BCUT2D eigenvalue weighted by Gasteiger charge is -2.14. The number of aromatic nitrogens is 2. The number of hydrogen-bond donors (Lipinski definition) is 0. The summed E-state index contributed by atoms with van der Waals surface area (Å²) in [5.74, 6) is 0. The van der Waals surface area contributed by atoms with Gasteiger partial charge >= 0.3 is 0 Å². The second-order valence-corrected chi connectivity index (χ2v) is 11.9. The van der Waals surface area contributed by atoms with Crippen LogP contribution in [0.25, 0.3) is 82.5 Å². The van der Waals surface area contributed by atoms with E-state index in [0.29, 0.717) is 0 Å². The van der Waals surface area contributed by atoms with Crippen molar-refractivity contribution in [2.45, 2.75) is 6.92 Å². The molecule has 2 heterocycles. The summed E-state index contributed by atoms with van der Waals surface area (Å²) >= 11 is 0. The molecule has 0 fully saturated rings. The van der Waals surface area contributed by atoms with Crippen molar-refractivity contribution in [2.75, 3.05) is 0 Å². The third-order valence-electron chi connectivity index (χ3n) is 9.46. The van der Waals surface area contributed by atoms with Gasteiger partial charge in [0.15, 0.2) is 0 Å². The first-order valence-electron chi connectivity index (χ1n) is 15.5. The fourth-order valence-corrected chi connectivity index (χ4v) is 7.42. The molecule has 0 aliphatic carbocycles. The van der Waals surface area contributed by atoms with Gasteiger partial charge in [-0.05, 0) is 87.3 Å². The first-order valence-corrected chi connectivity index (χ1v) is 15.5. The molecule has 9 rings (SSSR count). The van der Waals surface area contributed by atoms with Gasteiger partial charge in [0.1, 0.15) is 0 Å². The summed E-state index contributed by atoms with van der Waals surface area (Å²) in [5, 5.41) is 11.4. The van der Waals surface area contributed by atoms with E-state index in [1.807, 2.05) is 0 Å². The number of benzene rings is 7. The van der Waals surface area contributed by atoms with Crippen LogP contribution in [0.4, 0.5) is 0 Å². The SMILES string of the molecule is C=C(/C=C\c1c(C)c2ccccc2n1-c1ccc2c3ccccc3c3ccccc3c2c1)n1c2ccccc2c2ccccc21. The molecule has 0 saturated carbocycles. The monoisotopic (exact) mass is 574 g/mol. The minimum atomic E-state index is 0.930. The van der Waals surface area contributed by atoms with Crippen LogP contribution in [0, 0.1) is 6.92 Å². The van der Waals surface area contributed by atoms with E-state index < -0.39 is 0 Å². The lowest BCUT2D eigenvalue weighted by molar-refractivity contribution is 1.10. The predicted octanol–water partition coefficient (Wildman–Crippen LogP) is 11.7. The summed E-state index contributed by atoms with van der Waals surface area (Å²) in [4.78, 5) is 0. The topological polar surface area (TPSA) is 9.86 Å². The molecule has 0 spiro atoms. The molecule has 0 bridgehead atoms. The predicted molar refractivity (Wildman–Crippen MR) is 194 cm³/mol. The second kappa shape index (κ2) is 9.83. The van der Waals surface area contributed by atoms with Gasteiger partial charge in [0, 0.05) is 33.2 Å². The zero-order valence-electron chi connectivity index (χ0n) is 25.0. The van der Waals surface area contributed by atoms with E-state index in [0.717, 1.165) is 17.1 Å². The average molecular weight is 575 g/mol. The number of hydrogen-bond acceptors (Lipinski definition) is 0. The summed E-state index contributed by atoms with van der Waals surface area (Å²) in [5.41, 5.74) is 8.01. The molecule has 0 aliphatic heterocycles. The Kier molecular flexibility index (Phi) is 5.60. The summed E-state index contributed by atoms with van der Waals surface area (Å²) < 4.78 is 4.68. The van der Waals surface area contributed by atoms with Gasteiger partial charge in [-0.25, -0.2) is 0 Å². The Bertz CT molecular complexity index is 2590. The Balaban J connectivity index is 1.26. The fraction of sp³-hybridized carbons (Fsp3) is 0.0233. The van der Waals surface area contributed by atoms with E-state index in [1.165, 1.54) is 70.6 Å². The Morgan fingerprint density at radius 3 is 1.51 bits per heavy atom. The maximum Gasteiger partial charge on any atom is 0.0540 e. The van der Waals surface area contributed by atoms with E-state index in [4.69, 9.17) is 0 Å². The lowest BCUT2D eigenvalue weighted by Crippen LogP contribution is -1.98. The zero-order chi connectivity index (χ0) is 30.1. The van der Waals surface area contributed by atoms with Gasteiger partial charge in [-0.1, -0.05) is 116 Å². The molecule has 0 N–H and O–H groups in total. The van der Waals surface area contributed by atoms with Crippen LogP contribution in [0.1, 0.15) is 11.3 Å². The zero-order valence-corrected chi connectivity index (χ0v) is 25.0. The molecule has 0 aliphatic rings. The highest BCUT2D eigenvalue weighted by Crippen LogP contribution is 2.38. The highest BCUT2D eigenvalue weighted by Gasteiger charge is 2.16. The Morgan fingerprint density at radius 2 is 0.933 bits per heavy atom. The number of rotatable bonds is 4. The molecule has 7 aromatic carbocycles. The number of fused-ring (bicyclic) bond motifs is 10. The number of allylic oxidation sites excluding steroid dienone is 2. The smallest absolute Gasteiger partial charge is 0.0540 e. The van der Waals surface area contributed by atoms with Gasteiger partial charge in [-0.2, -0.15) is 0 Å². The van der Waals surface area contributed by atoms with Crippen LogP contribution < -0.4 is 0 Å². The highest BCUT2D eigenvalue weighted by molar-refractivity contribution is 6.25. The van der Waals surface area contributed by atoms with Gasteiger partial charge in [0.2, 0.25) is 0 Å². The third-order valence-corrected chi connectivity index (χ3v) is 9.46. The van der Waals surface area contributed by atoms with E-state index in [1.54, 1.807) is 0 Å². The van der Waals surface area contributed by atoms with Crippen molar-refractivity contribution < 1.29 is 0 Å². The molecule has 0 saturated heterocycles. The molecule has 0 atom stereocenters. The van der Waals surface area contributed by atoms with Crippen molar-refractivity contribution in [2.24, 2.45) is 0 Å². The second-order valence-electron chi connectivity index (χ2n) is 11.9. The first-order chi connectivity index (χ1) is 22.2. The van der Waals surface area contributed by atoms with Crippen LogP contribution in [-0.4, -0.2) is 9.13 Å². The van der Waals surface area contributed by atoms with Gasteiger partial charge in [0.05, 0.1) is 16.6 Å². The number of nitrogens with zero attached hydrogens (tertiary/aromatic N) is 2. The number of aryl methyl sites for hydroxylation is 1. The van der Waals surface area contributed by atoms with Crippen LogP contribution in [0.15, 0.2) is 152 Å². The standard InChI is InChI=1S/C43H30N2/c1-28(44-42-21-11-8-18-37(42)38-19-9-12-22-43(38)44)23-26-40-29(2)31-13-7-10-20-41(31)45(40)30-24-25-36-34-16-4-3-14-32(34)33-15-5-6-17-35(33)39(36)27-30/h3-27H,1H2,2H3/b26-23-. The molecule has 0 unspecified atom stereocenters. The summed E-state index contributed by atoms with van der Waals surface area (Å²) in [7, 11) is 0. The normalized spacial score (nSPS) is 12.1. The van der Waals surface area contributed by atoms with Crippen LogP contribution in [0.5, 0.6) is 0 Å². The van der Waals surface area contributed by atoms with Crippen molar-refractivity contribution in [1.29, 1.82) is 0 Å². The summed E-state index contributed by atoms with van der Waals surface area (Å²) in [6, 6.07) is 50.4. The van der Waals surface area contributed by atoms with Crippen LogP contribution in [0.3, 0.4) is 0 Å². The number of para-hydroxylation sites is 3. The quantitative estimate of drug-likeness (QED) is 0.146. The molecule has 2 aromatic heterocycles. The largest absolute Gasteiger partial charge is 0.310 e. The maximum atomic E-state index is 4.57. The molecular weight excluding hydrogens is 544 g/mol. The van der Waals surface area contributed by atoms with Crippen LogP contribution in [-0.2, 0) is 0 Å². The molecular formula is C43H30N2. The van der Waals surface area contributed by atoms with Crippen molar-refractivity contribution in [3.63, 3.8) is 0 Å². The Labute approximate surface area is 261 Å². The van der Waals surface area contributed by atoms with Gasteiger partial charge < -0.3 is 9.13 Å². The molecule has 9 aromatic rings. The average Bonchev–Trinajstić information content (AvgIpc) is 3.59. The van der Waals surface area contributed by atoms with Crippen molar-refractivity contribution >= 4 is 76.8 Å². The molecule has 45 heavy (non-hydrogen) atoms. The van der Waals surface area contributed by atoms with Gasteiger partial charge in [-0.3, -0.25) is 0 Å². The summed E-state index contributed by atoms with van der Waals surface area (Å²) in [6.07, 6.45) is 4.41. The Hall–Kier alpha value is -5.86. The van der Waals surface area contributed by atoms with E-state index in [9.17, 15) is 0 Å². The van der Waals surface area contributed by atoms with E-state index in [2.05, 4.69) is 174 Å². The molecule has 2 heteroatoms. The molecule has 2 nitrogen and oxygen atoms in total. The minimum absolute atomic E-state index is 0.930. The van der Waals surface area contributed by atoms with Crippen molar-refractivity contribution in [3.05, 3.63) is 163 Å². The molecule has 212 valence electrons.